The summed E-state index contributed by atoms with van der Waals surface area (Å²) < 4.78 is 26.0. The largest absolute Gasteiger partial charge is 0.478 e. The number of carbonyl (C=O) groups is 1. The molecule has 0 spiro atoms. The number of β-amino-alcohol motifs (C(OH)–C–C–N with tert-alkyl or cyclic N) is 2. The van der Waals surface area contributed by atoms with Crippen LogP contribution in [0.2, 0.25) is 0 Å². The highest BCUT2D eigenvalue weighted by molar-refractivity contribution is 14.1. The van der Waals surface area contributed by atoms with E-state index in [4.69, 9.17) is 5.11 Å². The second-order valence-corrected chi connectivity index (χ2v) is 7.50. The van der Waals surface area contributed by atoms with Gasteiger partial charge in [0, 0.05) is 16.7 Å². The Balaban J connectivity index is 2.40. The zero-order valence-electron chi connectivity index (χ0n) is 10.1. The molecule has 3 N–H and O–H groups in total. The summed E-state index contributed by atoms with van der Waals surface area (Å²) in [6.07, 6.45) is -2.26. The first kappa shape index (κ1) is 15.6. The van der Waals surface area contributed by atoms with E-state index in [1.165, 1.54) is 12.1 Å². The molecule has 1 fully saturated rings. The molecule has 0 saturated carbocycles. The maximum atomic E-state index is 12.3. The van der Waals surface area contributed by atoms with Crippen LogP contribution in [-0.4, -0.2) is 59.3 Å². The Morgan fingerprint density at radius 2 is 1.80 bits per heavy atom. The number of hydrogen-bond acceptors (Lipinski definition) is 5. The van der Waals surface area contributed by atoms with Crippen LogP contribution in [0.4, 0.5) is 0 Å². The first-order valence-corrected chi connectivity index (χ1v) is 8.14. The molecule has 1 saturated heterocycles. The lowest BCUT2D eigenvalue weighted by atomic mass is 10.2. The summed E-state index contributed by atoms with van der Waals surface area (Å²) >= 11 is 1.81. The van der Waals surface area contributed by atoms with Crippen molar-refractivity contribution in [2.24, 2.45) is 0 Å². The van der Waals surface area contributed by atoms with E-state index in [0.717, 1.165) is 10.4 Å². The monoisotopic (exact) mass is 413 g/mol. The van der Waals surface area contributed by atoms with Crippen molar-refractivity contribution in [1.29, 1.82) is 0 Å². The fraction of sp³-hybridized carbons (Fsp3) is 0.364. The average molecular weight is 413 g/mol. The van der Waals surface area contributed by atoms with Crippen molar-refractivity contribution in [3.63, 3.8) is 0 Å². The third-order valence-electron chi connectivity index (χ3n) is 3.03. The Morgan fingerprint density at radius 1 is 1.25 bits per heavy atom. The van der Waals surface area contributed by atoms with E-state index in [0.29, 0.717) is 3.57 Å². The van der Waals surface area contributed by atoms with Gasteiger partial charge in [-0.3, -0.25) is 0 Å². The van der Waals surface area contributed by atoms with Crippen LogP contribution in [0, 0.1) is 3.57 Å². The number of rotatable bonds is 3. The lowest BCUT2D eigenvalue weighted by molar-refractivity contribution is 0.0572. The van der Waals surface area contributed by atoms with Crippen LogP contribution < -0.4 is 0 Å². The van der Waals surface area contributed by atoms with Crippen molar-refractivity contribution >= 4 is 38.6 Å². The molecule has 0 amide bonds. The van der Waals surface area contributed by atoms with Gasteiger partial charge >= 0.3 is 5.97 Å². The summed E-state index contributed by atoms with van der Waals surface area (Å²) in [6, 6.07) is 3.79. The van der Waals surface area contributed by atoms with Crippen molar-refractivity contribution < 1.29 is 28.5 Å². The van der Waals surface area contributed by atoms with Crippen LogP contribution in [0.15, 0.2) is 23.1 Å². The number of aliphatic hydroxyl groups excluding tert-OH is 2. The van der Waals surface area contributed by atoms with Crippen LogP contribution in [0.5, 0.6) is 0 Å². The molecule has 1 aromatic carbocycles. The van der Waals surface area contributed by atoms with Crippen molar-refractivity contribution in [3.8, 4) is 0 Å². The third kappa shape index (κ3) is 2.81. The first-order valence-electron chi connectivity index (χ1n) is 5.62. The van der Waals surface area contributed by atoms with Crippen molar-refractivity contribution in [2.45, 2.75) is 17.1 Å². The van der Waals surface area contributed by atoms with Gasteiger partial charge in [0.2, 0.25) is 10.0 Å². The molecule has 0 aromatic heterocycles. The predicted octanol–water partition coefficient (Wildman–Crippen LogP) is -0.285. The van der Waals surface area contributed by atoms with E-state index in [9.17, 15) is 23.4 Å². The Labute approximate surface area is 129 Å². The molecule has 2 unspecified atom stereocenters. The normalized spacial score (nSPS) is 23.9. The van der Waals surface area contributed by atoms with Gasteiger partial charge in [-0.15, -0.1) is 0 Å². The number of aromatic carboxylic acids is 1. The molecule has 7 nitrogen and oxygen atoms in total. The molecule has 1 heterocycles. The zero-order valence-corrected chi connectivity index (χ0v) is 13.1. The summed E-state index contributed by atoms with van der Waals surface area (Å²) in [5.41, 5.74) is -0.105. The minimum atomic E-state index is -3.93. The number of carboxylic acid groups (broad SMARTS) is 1. The Hall–Kier alpha value is -0.750. The number of hydrogen-bond donors (Lipinski definition) is 3. The molecule has 0 aliphatic carbocycles. The molecule has 0 bridgehead atoms. The fourth-order valence-electron chi connectivity index (χ4n) is 1.91. The minimum Gasteiger partial charge on any atom is -0.478 e. The quantitative estimate of drug-likeness (QED) is 0.588. The maximum Gasteiger partial charge on any atom is 0.336 e. The van der Waals surface area contributed by atoms with Crippen LogP contribution in [0.1, 0.15) is 10.4 Å². The smallest absolute Gasteiger partial charge is 0.336 e. The van der Waals surface area contributed by atoms with E-state index in [1.807, 2.05) is 0 Å². The highest BCUT2D eigenvalue weighted by Crippen LogP contribution is 2.24. The average Bonchev–Trinajstić information content (AvgIpc) is 2.70. The first-order chi connectivity index (χ1) is 9.23. The topological polar surface area (TPSA) is 115 Å². The summed E-state index contributed by atoms with van der Waals surface area (Å²) in [5.74, 6) is -1.21. The molecule has 110 valence electrons. The van der Waals surface area contributed by atoms with Crippen molar-refractivity contribution in [1.82, 2.24) is 4.31 Å². The molecule has 1 aliphatic rings. The second kappa shape index (κ2) is 5.56. The van der Waals surface area contributed by atoms with Crippen molar-refractivity contribution in [3.05, 3.63) is 27.3 Å². The lowest BCUT2D eigenvalue weighted by Gasteiger charge is -2.16. The second-order valence-electron chi connectivity index (χ2n) is 4.40. The molecule has 2 atom stereocenters. The van der Waals surface area contributed by atoms with Crippen molar-refractivity contribution in [2.75, 3.05) is 13.1 Å². The number of sulfonamides is 1. The van der Waals surface area contributed by atoms with E-state index < -0.39 is 28.2 Å². The van der Waals surface area contributed by atoms with E-state index in [2.05, 4.69) is 0 Å². The van der Waals surface area contributed by atoms with Gasteiger partial charge in [0.05, 0.1) is 22.7 Å². The predicted molar refractivity (Wildman–Crippen MR) is 76.9 cm³/mol. The van der Waals surface area contributed by atoms with Gasteiger partial charge in [-0.2, -0.15) is 4.31 Å². The van der Waals surface area contributed by atoms with E-state index in [-0.39, 0.29) is 23.5 Å². The van der Waals surface area contributed by atoms with E-state index in [1.54, 1.807) is 22.6 Å². The summed E-state index contributed by atoms with van der Waals surface area (Å²) in [5, 5.41) is 27.8. The Bertz CT molecular complexity index is 636. The summed E-state index contributed by atoms with van der Waals surface area (Å²) in [6.45, 7) is -0.421. The molecule has 0 radical (unpaired) electrons. The molecule has 1 aromatic rings. The van der Waals surface area contributed by atoms with Gasteiger partial charge in [-0.25, -0.2) is 13.2 Å². The van der Waals surface area contributed by atoms with Gasteiger partial charge in [-0.1, -0.05) is 0 Å². The standard InChI is InChI=1S/C11H12INO6S/c12-8-2-1-6(3-7(8)11(16)17)20(18,19)13-4-9(14)10(15)5-13/h1-3,9-10,14-15H,4-5H2,(H,16,17). The third-order valence-corrected chi connectivity index (χ3v) is 5.80. The zero-order chi connectivity index (χ0) is 15.1. The van der Waals surface area contributed by atoms with Gasteiger partial charge in [0.1, 0.15) is 0 Å². The Morgan fingerprint density at radius 3 is 2.30 bits per heavy atom. The molecule has 20 heavy (non-hydrogen) atoms. The number of nitrogens with zero attached hydrogens (tertiary/aromatic N) is 1. The van der Waals surface area contributed by atoms with E-state index >= 15 is 0 Å². The minimum absolute atomic E-state index is 0.105. The molecule has 1 aliphatic heterocycles. The highest BCUT2D eigenvalue weighted by Gasteiger charge is 2.37. The van der Waals surface area contributed by atoms with Crippen LogP contribution >= 0.6 is 22.6 Å². The number of carboxylic acids is 1. The molecule has 9 heteroatoms. The van der Waals surface area contributed by atoms with Gasteiger partial charge < -0.3 is 15.3 Å². The fourth-order valence-corrected chi connectivity index (χ4v) is 3.98. The number of aliphatic hydroxyl groups is 2. The maximum absolute atomic E-state index is 12.3. The van der Waals surface area contributed by atoms with Gasteiger partial charge in [0.25, 0.3) is 0 Å². The highest BCUT2D eigenvalue weighted by atomic mass is 127. The SMILES string of the molecule is O=C(O)c1cc(S(=O)(=O)N2CC(O)C(O)C2)ccc1I. The van der Waals surface area contributed by atoms with Crippen LogP contribution in [-0.2, 0) is 10.0 Å². The van der Waals surface area contributed by atoms with Gasteiger partial charge in [0.15, 0.2) is 0 Å². The van der Waals surface area contributed by atoms with Crippen LogP contribution in [0.3, 0.4) is 0 Å². The van der Waals surface area contributed by atoms with Gasteiger partial charge in [-0.05, 0) is 40.8 Å². The molecular weight excluding hydrogens is 401 g/mol. The number of benzene rings is 1. The summed E-state index contributed by atoms with van der Waals surface area (Å²) in [7, 11) is -3.93. The number of halogens is 1. The molecular formula is C11H12INO6S. The van der Waals surface area contributed by atoms with Crippen LogP contribution in [0.25, 0.3) is 0 Å². The lowest BCUT2D eigenvalue weighted by Crippen LogP contribution is -2.30. The summed E-state index contributed by atoms with van der Waals surface area (Å²) in [4.78, 5) is 10.9. The Kier molecular flexibility index (Phi) is 4.35. The molecule has 2 rings (SSSR count).